The molecule has 0 saturated heterocycles. The molecule has 0 saturated carbocycles. The number of hydrogen-bond acceptors (Lipinski definition) is 4. The van der Waals surface area contributed by atoms with Gasteiger partial charge in [-0.25, -0.2) is 4.79 Å². The van der Waals surface area contributed by atoms with Crippen molar-refractivity contribution in [2.24, 2.45) is 11.7 Å². The van der Waals surface area contributed by atoms with E-state index in [4.69, 9.17) is 15.2 Å². The lowest BCUT2D eigenvalue weighted by atomic mass is 9.96. The average molecular weight is 382 g/mol. The van der Waals surface area contributed by atoms with E-state index in [2.05, 4.69) is 13.8 Å². The van der Waals surface area contributed by atoms with Gasteiger partial charge in [0.15, 0.2) is 0 Å². The molecule has 2 rings (SSSR count). The highest BCUT2D eigenvalue weighted by atomic mass is 16.5. The first-order valence-corrected chi connectivity index (χ1v) is 9.97. The molecule has 150 valence electrons. The van der Waals surface area contributed by atoms with Crippen LogP contribution in [0.2, 0.25) is 0 Å². The van der Waals surface area contributed by atoms with E-state index >= 15 is 0 Å². The molecule has 1 atom stereocenters. The average Bonchev–Trinajstić information content (AvgIpc) is 2.75. The topological polar surface area (TPSA) is 61.5 Å². The Hall–Kier alpha value is -2.75. The molecular formula is C24H31NO3. The summed E-state index contributed by atoms with van der Waals surface area (Å²) in [5.74, 6) is 0.654. The quantitative estimate of drug-likeness (QED) is 0.455. The van der Waals surface area contributed by atoms with E-state index in [1.165, 1.54) is 0 Å². The van der Waals surface area contributed by atoms with E-state index in [9.17, 15) is 4.79 Å². The predicted octanol–water partition coefficient (Wildman–Crippen LogP) is 5.17. The summed E-state index contributed by atoms with van der Waals surface area (Å²) >= 11 is 0. The Bertz CT molecular complexity index is 766. The van der Waals surface area contributed by atoms with Crippen molar-refractivity contribution in [2.45, 2.75) is 39.5 Å². The second kappa shape index (κ2) is 11.2. The molecule has 0 bridgehead atoms. The first-order valence-electron chi connectivity index (χ1n) is 9.97. The molecule has 0 amide bonds. The summed E-state index contributed by atoms with van der Waals surface area (Å²) in [5, 5.41) is 0. The van der Waals surface area contributed by atoms with Gasteiger partial charge in [-0.15, -0.1) is 0 Å². The smallest absolute Gasteiger partial charge is 0.354 e. The minimum atomic E-state index is -0.468. The van der Waals surface area contributed by atoms with Crippen LogP contribution in [-0.2, 0) is 9.53 Å². The first kappa shape index (κ1) is 21.5. The van der Waals surface area contributed by atoms with E-state index in [0.717, 1.165) is 42.6 Å². The molecule has 4 nitrogen and oxygen atoms in total. The van der Waals surface area contributed by atoms with Gasteiger partial charge in [-0.05, 0) is 35.6 Å². The molecule has 0 radical (unpaired) electrons. The molecule has 28 heavy (non-hydrogen) atoms. The highest BCUT2D eigenvalue weighted by molar-refractivity contribution is 6.01. The SMILES string of the molecule is CCCCC(CC)COC(=O)/C(N)=C(\c1ccccc1)c1ccc(OC)cc1. The molecule has 4 heteroatoms. The van der Waals surface area contributed by atoms with Crippen molar-refractivity contribution >= 4 is 11.5 Å². The third kappa shape index (κ3) is 5.88. The van der Waals surface area contributed by atoms with Crippen LogP contribution >= 0.6 is 0 Å². The van der Waals surface area contributed by atoms with Crippen molar-refractivity contribution in [3.05, 3.63) is 71.4 Å². The lowest BCUT2D eigenvalue weighted by Gasteiger charge is -2.17. The highest BCUT2D eigenvalue weighted by Crippen LogP contribution is 2.27. The van der Waals surface area contributed by atoms with Crippen molar-refractivity contribution in [3.63, 3.8) is 0 Å². The highest BCUT2D eigenvalue weighted by Gasteiger charge is 2.18. The van der Waals surface area contributed by atoms with Crippen molar-refractivity contribution in [1.29, 1.82) is 0 Å². The molecule has 2 aromatic rings. The van der Waals surface area contributed by atoms with Gasteiger partial charge in [0, 0.05) is 5.57 Å². The molecule has 0 heterocycles. The number of carbonyl (C=O) groups excluding carboxylic acids is 1. The van der Waals surface area contributed by atoms with Crippen molar-refractivity contribution in [3.8, 4) is 5.75 Å². The molecule has 2 aromatic carbocycles. The van der Waals surface area contributed by atoms with Gasteiger partial charge in [-0.1, -0.05) is 75.6 Å². The molecule has 0 spiro atoms. The Kier molecular flexibility index (Phi) is 8.60. The van der Waals surface area contributed by atoms with Crippen LogP contribution in [0.5, 0.6) is 5.75 Å². The predicted molar refractivity (Wildman–Crippen MR) is 114 cm³/mol. The zero-order valence-corrected chi connectivity index (χ0v) is 17.1. The summed E-state index contributed by atoms with van der Waals surface area (Å²) < 4.78 is 10.8. The van der Waals surface area contributed by atoms with Crippen LogP contribution in [0, 0.1) is 5.92 Å². The number of rotatable bonds is 10. The molecule has 0 aromatic heterocycles. The monoisotopic (exact) mass is 381 g/mol. The molecular weight excluding hydrogens is 350 g/mol. The number of nitrogens with two attached hydrogens (primary N) is 1. The van der Waals surface area contributed by atoms with E-state index in [-0.39, 0.29) is 5.70 Å². The summed E-state index contributed by atoms with van der Waals surface area (Å²) in [6.07, 6.45) is 4.33. The fourth-order valence-electron chi connectivity index (χ4n) is 3.11. The number of hydrogen-bond donors (Lipinski definition) is 1. The molecule has 0 aliphatic rings. The Morgan fingerprint density at radius 1 is 1.00 bits per heavy atom. The van der Waals surface area contributed by atoms with Crippen LogP contribution in [0.15, 0.2) is 60.3 Å². The first-order chi connectivity index (χ1) is 13.6. The maximum Gasteiger partial charge on any atom is 0.354 e. The fraction of sp³-hybridized carbons (Fsp3) is 0.375. The van der Waals surface area contributed by atoms with Crippen LogP contribution < -0.4 is 10.5 Å². The fourth-order valence-corrected chi connectivity index (χ4v) is 3.11. The van der Waals surface area contributed by atoms with Crippen molar-refractivity contribution in [2.75, 3.05) is 13.7 Å². The second-order valence-electron chi connectivity index (χ2n) is 6.90. The number of ether oxygens (including phenoxy) is 2. The standard InChI is InChI=1S/C24H31NO3/c1-4-6-10-18(5-2)17-28-24(26)23(25)22(19-11-8-7-9-12-19)20-13-15-21(27-3)16-14-20/h7-9,11-16,18H,4-6,10,17,25H2,1-3H3/b23-22-. The minimum absolute atomic E-state index is 0.127. The van der Waals surface area contributed by atoms with E-state index in [1.807, 2.05) is 54.6 Å². The van der Waals surface area contributed by atoms with E-state index in [1.54, 1.807) is 7.11 Å². The van der Waals surface area contributed by atoms with Crippen LogP contribution in [-0.4, -0.2) is 19.7 Å². The zero-order chi connectivity index (χ0) is 20.4. The van der Waals surface area contributed by atoms with Crippen LogP contribution in [0.4, 0.5) is 0 Å². The maximum absolute atomic E-state index is 12.7. The maximum atomic E-state index is 12.7. The van der Waals surface area contributed by atoms with E-state index in [0.29, 0.717) is 18.1 Å². The third-order valence-corrected chi connectivity index (χ3v) is 4.92. The molecule has 0 fully saturated rings. The summed E-state index contributed by atoms with van der Waals surface area (Å²) in [6, 6.07) is 17.2. The van der Waals surface area contributed by atoms with Gasteiger partial charge in [0.05, 0.1) is 13.7 Å². The van der Waals surface area contributed by atoms with Gasteiger partial charge in [0.1, 0.15) is 11.4 Å². The van der Waals surface area contributed by atoms with Gasteiger partial charge in [-0.2, -0.15) is 0 Å². The van der Waals surface area contributed by atoms with Crippen molar-refractivity contribution < 1.29 is 14.3 Å². The molecule has 0 aliphatic carbocycles. The Morgan fingerprint density at radius 3 is 2.21 bits per heavy atom. The number of carbonyl (C=O) groups is 1. The Balaban J connectivity index is 2.29. The van der Waals surface area contributed by atoms with E-state index < -0.39 is 5.97 Å². The zero-order valence-electron chi connectivity index (χ0n) is 17.1. The van der Waals surface area contributed by atoms with Crippen LogP contribution in [0.1, 0.15) is 50.7 Å². The molecule has 0 aliphatic heterocycles. The number of esters is 1. The lowest BCUT2D eigenvalue weighted by molar-refractivity contribution is -0.140. The Labute approximate surface area is 168 Å². The number of methoxy groups -OCH3 is 1. The summed E-state index contributed by atoms with van der Waals surface area (Å²) in [4.78, 5) is 12.7. The second-order valence-corrected chi connectivity index (χ2v) is 6.90. The number of unbranched alkanes of at least 4 members (excludes halogenated alkanes) is 1. The van der Waals surface area contributed by atoms with Gasteiger partial charge >= 0.3 is 5.97 Å². The largest absolute Gasteiger partial charge is 0.497 e. The van der Waals surface area contributed by atoms with Gasteiger partial charge in [0.2, 0.25) is 0 Å². The third-order valence-electron chi connectivity index (χ3n) is 4.92. The van der Waals surface area contributed by atoms with Crippen LogP contribution in [0.3, 0.4) is 0 Å². The number of benzene rings is 2. The Morgan fingerprint density at radius 2 is 1.64 bits per heavy atom. The molecule has 2 N–H and O–H groups in total. The van der Waals surface area contributed by atoms with Crippen LogP contribution in [0.25, 0.3) is 5.57 Å². The lowest BCUT2D eigenvalue weighted by Crippen LogP contribution is -2.21. The summed E-state index contributed by atoms with van der Waals surface area (Å²) in [6.45, 7) is 4.70. The van der Waals surface area contributed by atoms with Gasteiger partial charge in [0.25, 0.3) is 0 Å². The molecule has 1 unspecified atom stereocenters. The van der Waals surface area contributed by atoms with Gasteiger partial charge in [-0.3, -0.25) is 0 Å². The minimum Gasteiger partial charge on any atom is -0.497 e. The van der Waals surface area contributed by atoms with Gasteiger partial charge < -0.3 is 15.2 Å². The summed E-state index contributed by atoms with van der Waals surface area (Å²) in [5.41, 5.74) is 8.82. The normalized spacial score (nSPS) is 12.8. The summed E-state index contributed by atoms with van der Waals surface area (Å²) in [7, 11) is 1.62. The van der Waals surface area contributed by atoms with Crippen molar-refractivity contribution in [1.82, 2.24) is 0 Å².